The van der Waals surface area contributed by atoms with Gasteiger partial charge in [-0.05, 0) is 62.6 Å². The van der Waals surface area contributed by atoms with Crippen molar-refractivity contribution in [1.82, 2.24) is 19.7 Å². The molecule has 2 aromatic carbocycles. The second kappa shape index (κ2) is 10.2. The first-order chi connectivity index (χ1) is 16.0. The highest BCUT2D eigenvalue weighted by Gasteiger charge is 2.35. The van der Waals surface area contributed by atoms with Gasteiger partial charge in [-0.3, -0.25) is 9.59 Å². The lowest BCUT2D eigenvalue weighted by Gasteiger charge is -2.25. The highest BCUT2D eigenvalue weighted by molar-refractivity contribution is 7.99. The van der Waals surface area contributed by atoms with Crippen molar-refractivity contribution < 1.29 is 14.0 Å². The largest absolute Gasteiger partial charge is 0.328 e. The molecule has 1 aromatic heterocycles. The average molecular weight is 468 g/mol. The Hall–Kier alpha value is -3.20. The summed E-state index contributed by atoms with van der Waals surface area (Å²) in [5.74, 6) is 0.336. The molecule has 9 heteroatoms. The van der Waals surface area contributed by atoms with Crippen LogP contribution in [-0.2, 0) is 11.3 Å². The number of anilines is 1. The van der Waals surface area contributed by atoms with Crippen LogP contribution in [0.4, 0.5) is 10.1 Å². The molecule has 0 saturated carbocycles. The Bertz CT molecular complexity index is 1150. The number of hydrogen-bond acceptors (Lipinski definition) is 5. The molecule has 0 radical (unpaired) electrons. The minimum Gasteiger partial charge on any atom is -0.328 e. The van der Waals surface area contributed by atoms with Gasteiger partial charge in [-0.25, -0.2) is 4.39 Å². The molecule has 2 heterocycles. The number of benzene rings is 2. The summed E-state index contributed by atoms with van der Waals surface area (Å²) in [5.41, 5.74) is 2.20. The SMILES string of the molecule is CCn1c(SCC(=O)Nc2ccc(F)cc2)nnc1C1CCCN1C(=O)c1ccccc1C. The fourth-order valence-electron chi connectivity index (χ4n) is 4.06. The zero-order valence-corrected chi connectivity index (χ0v) is 19.4. The summed E-state index contributed by atoms with van der Waals surface area (Å²) < 4.78 is 15.0. The van der Waals surface area contributed by atoms with E-state index in [0.717, 1.165) is 24.2 Å². The fourth-order valence-corrected chi connectivity index (χ4v) is 4.87. The minimum absolute atomic E-state index is 0.00846. The molecule has 1 saturated heterocycles. The van der Waals surface area contributed by atoms with Crippen molar-refractivity contribution in [2.45, 2.75) is 44.4 Å². The molecule has 4 rings (SSSR count). The number of likely N-dealkylation sites (tertiary alicyclic amines) is 1. The van der Waals surface area contributed by atoms with Gasteiger partial charge in [-0.15, -0.1) is 10.2 Å². The van der Waals surface area contributed by atoms with E-state index >= 15 is 0 Å². The molecule has 1 atom stereocenters. The Morgan fingerprint density at radius 1 is 1.15 bits per heavy atom. The molecule has 33 heavy (non-hydrogen) atoms. The van der Waals surface area contributed by atoms with E-state index in [1.807, 2.05) is 47.6 Å². The first-order valence-corrected chi connectivity index (χ1v) is 11.9. The summed E-state index contributed by atoms with van der Waals surface area (Å²) in [6.45, 7) is 5.25. The first kappa shape index (κ1) is 23.0. The first-order valence-electron chi connectivity index (χ1n) is 11.0. The van der Waals surface area contributed by atoms with Gasteiger partial charge in [-0.2, -0.15) is 0 Å². The van der Waals surface area contributed by atoms with Crippen LogP contribution in [0.3, 0.4) is 0 Å². The lowest BCUT2D eigenvalue weighted by atomic mass is 10.1. The molecule has 1 fully saturated rings. The second-order valence-electron chi connectivity index (χ2n) is 7.90. The number of nitrogens with zero attached hydrogens (tertiary/aromatic N) is 4. The third kappa shape index (κ3) is 5.08. The summed E-state index contributed by atoms with van der Waals surface area (Å²) in [4.78, 5) is 27.5. The van der Waals surface area contributed by atoms with Crippen LogP contribution in [0.15, 0.2) is 53.7 Å². The minimum atomic E-state index is -0.354. The molecule has 172 valence electrons. The zero-order chi connectivity index (χ0) is 23.4. The van der Waals surface area contributed by atoms with Crippen LogP contribution in [-0.4, -0.2) is 43.8 Å². The van der Waals surface area contributed by atoms with Crippen molar-refractivity contribution in [2.24, 2.45) is 0 Å². The Morgan fingerprint density at radius 2 is 1.91 bits per heavy atom. The van der Waals surface area contributed by atoms with Gasteiger partial charge in [0.1, 0.15) is 5.82 Å². The highest BCUT2D eigenvalue weighted by Crippen LogP contribution is 2.34. The van der Waals surface area contributed by atoms with Crippen molar-refractivity contribution in [1.29, 1.82) is 0 Å². The number of nitrogens with one attached hydrogen (secondary N) is 1. The maximum absolute atomic E-state index is 13.3. The monoisotopic (exact) mass is 467 g/mol. The Kier molecular flexibility index (Phi) is 7.08. The maximum atomic E-state index is 13.3. The van der Waals surface area contributed by atoms with E-state index in [-0.39, 0.29) is 29.4 Å². The van der Waals surface area contributed by atoms with Crippen molar-refractivity contribution in [3.05, 3.63) is 71.3 Å². The summed E-state index contributed by atoms with van der Waals surface area (Å²) in [6.07, 6.45) is 1.73. The third-order valence-electron chi connectivity index (χ3n) is 5.71. The second-order valence-corrected chi connectivity index (χ2v) is 8.84. The van der Waals surface area contributed by atoms with Gasteiger partial charge in [0, 0.05) is 24.3 Å². The van der Waals surface area contributed by atoms with Crippen LogP contribution in [0, 0.1) is 12.7 Å². The van der Waals surface area contributed by atoms with Gasteiger partial charge < -0.3 is 14.8 Å². The highest BCUT2D eigenvalue weighted by atomic mass is 32.2. The van der Waals surface area contributed by atoms with Gasteiger partial charge in [0.15, 0.2) is 11.0 Å². The predicted molar refractivity (Wildman–Crippen MR) is 126 cm³/mol. The number of carbonyl (C=O) groups excluding carboxylic acids is 2. The summed E-state index contributed by atoms with van der Waals surface area (Å²) in [6, 6.07) is 13.1. The number of aromatic nitrogens is 3. The molecule has 7 nitrogen and oxygen atoms in total. The smallest absolute Gasteiger partial charge is 0.254 e. The van der Waals surface area contributed by atoms with E-state index in [1.54, 1.807) is 0 Å². The van der Waals surface area contributed by atoms with Crippen LogP contribution >= 0.6 is 11.8 Å². The van der Waals surface area contributed by atoms with Crippen LogP contribution in [0.2, 0.25) is 0 Å². The standard InChI is InChI=1S/C24H26FN5O2S/c1-3-29-22(20-9-6-14-30(20)23(32)19-8-5-4-7-16(19)2)27-28-24(29)33-15-21(31)26-18-12-10-17(25)11-13-18/h4-5,7-8,10-13,20H,3,6,9,14-15H2,1-2H3,(H,26,31). The molecule has 0 aliphatic carbocycles. The van der Waals surface area contributed by atoms with Gasteiger partial charge in [0.05, 0.1) is 11.8 Å². The maximum Gasteiger partial charge on any atom is 0.254 e. The zero-order valence-electron chi connectivity index (χ0n) is 18.6. The van der Waals surface area contributed by atoms with Crippen molar-refractivity contribution >= 4 is 29.3 Å². The van der Waals surface area contributed by atoms with Crippen molar-refractivity contribution in [2.75, 3.05) is 17.6 Å². The average Bonchev–Trinajstić information content (AvgIpc) is 3.45. The van der Waals surface area contributed by atoms with Crippen LogP contribution in [0.5, 0.6) is 0 Å². The molecule has 1 aliphatic heterocycles. The lowest BCUT2D eigenvalue weighted by Crippen LogP contribution is -2.32. The van der Waals surface area contributed by atoms with E-state index in [4.69, 9.17) is 0 Å². The van der Waals surface area contributed by atoms with Gasteiger partial charge in [0.25, 0.3) is 5.91 Å². The third-order valence-corrected chi connectivity index (χ3v) is 6.68. The van der Waals surface area contributed by atoms with Gasteiger partial charge in [0.2, 0.25) is 5.91 Å². The van der Waals surface area contributed by atoms with E-state index < -0.39 is 0 Å². The normalized spacial score (nSPS) is 15.6. The van der Waals surface area contributed by atoms with Crippen LogP contribution in [0.1, 0.15) is 47.6 Å². The van der Waals surface area contributed by atoms with Crippen molar-refractivity contribution in [3.8, 4) is 0 Å². The summed E-state index contributed by atoms with van der Waals surface area (Å²) >= 11 is 1.29. The Morgan fingerprint density at radius 3 is 2.64 bits per heavy atom. The number of aryl methyl sites for hydroxylation is 1. The Labute approximate surface area is 196 Å². The van der Waals surface area contributed by atoms with Crippen molar-refractivity contribution in [3.63, 3.8) is 0 Å². The van der Waals surface area contributed by atoms with Crippen LogP contribution in [0.25, 0.3) is 0 Å². The molecular formula is C24H26FN5O2S. The predicted octanol–water partition coefficient (Wildman–Crippen LogP) is 4.45. The number of amides is 2. The van der Waals surface area contributed by atoms with E-state index in [0.29, 0.717) is 29.5 Å². The quantitative estimate of drug-likeness (QED) is 0.519. The lowest BCUT2D eigenvalue weighted by molar-refractivity contribution is -0.113. The molecule has 2 amide bonds. The number of rotatable bonds is 7. The molecule has 1 N–H and O–H groups in total. The number of carbonyl (C=O) groups is 2. The van der Waals surface area contributed by atoms with Crippen LogP contribution < -0.4 is 5.32 Å². The van der Waals surface area contributed by atoms with E-state index in [2.05, 4.69) is 15.5 Å². The Balaban J connectivity index is 1.46. The summed E-state index contributed by atoms with van der Waals surface area (Å²) in [5, 5.41) is 12.1. The van der Waals surface area contributed by atoms with E-state index in [1.165, 1.54) is 36.0 Å². The molecular weight excluding hydrogens is 441 g/mol. The molecule has 3 aromatic rings. The van der Waals surface area contributed by atoms with E-state index in [9.17, 15) is 14.0 Å². The number of thioether (sulfide) groups is 1. The molecule has 0 spiro atoms. The fraction of sp³-hybridized carbons (Fsp3) is 0.333. The summed E-state index contributed by atoms with van der Waals surface area (Å²) in [7, 11) is 0. The number of halogens is 1. The molecule has 0 bridgehead atoms. The molecule has 1 aliphatic rings. The van der Waals surface area contributed by atoms with Gasteiger partial charge >= 0.3 is 0 Å². The number of hydrogen-bond donors (Lipinski definition) is 1. The molecule has 1 unspecified atom stereocenters. The topological polar surface area (TPSA) is 80.1 Å². The van der Waals surface area contributed by atoms with Gasteiger partial charge in [-0.1, -0.05) is 30.0 Å².